The number of nitrogens with two attached hydrogens (primary N) is 1. The van der Waals surface area contributed by atoms with E-state index in [4.69, 9.17) is 5.73 Å². The lowest BCUT2D eigenvalue weighted by Gasteiger charge is -2.11. The van der Waals surface area contributed by atoms with Crippen molar-refractivity contribution in [3.05, 3.63) is 63.9 Å². The van der Waals surface area contributed by atoms with Gasteiger partial charge in [-0.2, -0.15) is 0 Å². The SMILES string of the molecule is NC(Cc1ccc(F)c(Br)c1)c1ccc(F)cn1. The largest absolute Gasteiger partial charge is 0.322 e. The molecule has 1 heterocycles. The van der Waals surface area contributed by atoms with E-state index in [1.54, 1.807) is 18.2 Å². The van der Waals surface area contributed by atoms with Crippen molar-refractivity contribution < 1.29 is 8.78 Å². The van der Waals surface area contributed by atoms with Crippen LogP contribution in [0.3, 0.4) is 0 Å². The summed E-state index contributed by atoms with van der Waals surface area (Å²) < 4.78 is 26.2. The van der Waals surface area contributed by atoms with E-state index in [2.05, 4.69) is 20.9 Å². The molecule has 2 nitrogen and oxygen atoms in total. The zero-order chi connectivity index (χ0) is 13.1. The highest BCUT2D eigenvalue weighted by Crippen LogP contribution is 2.20. The van der Waals surface area contributed by atoms with Gasteiger partial charge in [-0.25, -0.2) is 8.78 Å². The molecule has 0 saturated carbocycles. The number of rotatable bonds is 3. The van der Waals surface area contributed by atoms with Crippen molar-refractivity contribution in [2.75, 3.05) is 0 Å². The van der Waals surface area contributed by atoms with Crippen LogP contribution in [0.15, 0.2) is 41.0 Å². The van der Waals surface area contributed by atoms with Crippen LogP contribution < -0.4 is 5.73 Å². The van der Waals surface area contributed by atoms with E-state index in [0.29, 0.717) is 16.6 Å². The van der Waals surface area contributed by atoms with Gasteiger partial charge in [-0.1, -0.05) is 6.07 Å². The van der Waals surface area contributed by atoms with Crippen LogP contribution in [0.5, 0.6) is 0 Å². The first-order valence-electron chi connectivity index (χ1n) is 5.37. The maximum absolute atomic E-state index is 13.1. The third kappa shape index (κ3) is 3.11. The fourth-order valence-corrected chi connectivity index (χ4v) is 2.06. The third-order valence-electron chi connectivity index (χ3n) is 2.57. The van der Waals surface area contributed by atoms with Crippen LogP contribution in [0, 0.1) is 11.6 Å². The molecule has 1 atom stereocenters. The lowest BCUT2D eigenvalue weighted by atomic mass is 10.0. The van der Waals surface area contributed by atoms with Crippen LogP contribution in [0.4, 0.5) is 8.78 Å². The predicted octanol–water partition coefficient (Wildman–Crippen LogP) is 3.36. The van der Waals surface area contributed by atoms with Crippen molar-refractivity contribution in [1.29, 1.82) is 0 Å². The van der Waals surface area contributed by atoms with Gasteiger partial charge < -0.3 is 5.73 Å². The Morgan fingerprint density at radius 3 is 2.61 bits per heavy atom. The number of pyridine rings is 1. The summed E-state index contributed by atoms with van der Waals surface area (Å²) in [5, 5.41) is 0. The second-order valence-electron chi connectivity index (χ2n) is 3.96. The molecular formula is C13H11BrF2N2. The highest BCUT2D eigenvalue weighted by Gasteiger charge is 2.10. The standard InChI is InChI=1S/C13H11BrF2N2/c14-10-5-8(1-3-11(10)16)6-12(17)13-4-2-9(15)7-18-13/h1-5,7,12H,6,17H2. The van der Waals surface area contributed by atoms with E-state index in [-0.39, 0.29) is 11.9 Å². The van der Waals surface area contributed by atoms with Crippen LogP contribution >= 0.6 is 15.9 Å². The van der Waals surface area contributed by atoms with Crippen LogP contribution in [0.2, 0.25) is 0 Å². The molecule has 0 bridgehead atoms. The molecule has 0 aliphatic heterocycles. The van der Waals surface area contributed by atoms with Crippen LogP contribution in [-0.2, 0) is 6.42 Å². The molecule has 0 aliphatic rings. The Kier molecular flexibility index (Phi) is 4.04. The van der Waals surface area contributed by atoms with Crippen molar-refractivity contribution in [3.8, 4) is 0 Å². The molecule has 0 amide bonds. The maximum Gasteiger partial charge on any atom is 0.141 e. The Morgan fingerprint density at radius 2 is 2.00 bits per heavy atom. The molecule has 0 aliphatic carbocycles. The second-order valence-corrected chi connectivity index (χ2v) is 4.81. The molecule has 0 fully saturated rings. The molecule has 1 aromatic carbocycles. The molecule has 0 radical (unpaired) electrons. The molecule has 18 heavy (non-hydrogen) atoms. The van der Waals surface area contributed by atoms with Crippen LogP contribution in [-0.4, -0.2) is 4.98 Å². The highest BCUT2D eigenvalue weighted by molar-refractivity contribution is 9.10. The summed E-state index contributed by atoms with van der Waals surface area (Å²) in [5.41, 5.74) is 7.47. The minimum absolute atomic E-state index is 0.313. The summed E-state index contributed by atoms with van der Waals surface area (Å²) in [5.74, 6) is -0.706. The Hall–Kier alpha value is -1.33. The van der Waals surface area contributed by atoms with Crippen LogP contribution in [0.1, 0.15) is 17.3 Å². The minimum Gasteiger partial charge on any atom is -0.322 e. The Labute approximate surface area is 112 Å². The number of benzene rings is 1. The van der Waals surface area contributed by atoms with Crippen molar-refractivity contribution in [2.45, 2.75) is 12.5 Å². The van der Waals surface area contributed by atoms with Gasteiger partial charge in [0.1, 0.15) is 11.6 Å². The van der Waals surface area contributed by atoms with Gasteiger partial charge in [0.2, 0.25) is 0 Å². The van der Waals surface area contributed by atoms with Crippen molar-refractivity contribution in [2.24, 2.45) is 5.73 Å². The molecular weight excluding hydrogens is 302 g/mol. The summed E-state index contributed by atoms with van der Waals surface area (Å²) >= 11 is 3.12. The molecule has 1 unspecified atom stereocenters. The molecule has 2 N–H and O–H groups in total. The first-order valence-corrected chi connectivity index (χ1v) is 6.16. The Morgan fingerprint density at radius 1 is 1.22 bits per heavy atom. The number of hydrogen-bond acceptors (Lipinski definition) is 2. The first-order chi connectivity index (χ1) is 8.56. The average molecular weight is 313 g/mol. The van der Waals surface area contributed by atoms with E-state index in [1.807, 2.05) is 0 Å². The van der Waals surface area contributed by atoms with Gasteiger partial charge in [0.05, 0.1) is 22.4 Å². The fraction of sp³-hybridized carbons (Fsp3) is 0.154. The summed E-state index contributed by atoms with van der Waals surface area (Å²) in [6.07, 6.45) is 1.65. The van der Waals surface area contributed by atoms with Gasteiger partial charge in [0, 0.05) is 0 Å². The topological polar surface area (TPSA) is 38.9 Å². The second kappa shape index (κ2) is 5.54. The Balaban J connectivity index is 2.13. The van der Waals surface area contributed by atoms with Crippen molar-refractivity contribution >= 4 is 15.9 Å². The quantitative estimate of drug-likeness (QED) is 0.943. The number of nitrogens with zero attached hydrogens (tertiary/aromatic N) is 1. The van der Waals surface area contributed by atoms with Crippen LogP contribution in [0.25, 0.3) is 0 Å². The summed E-state index contributed by atoms with van der Waals surface area (Å²) in [4.78, 5) is 3.93. The van der Waals surface area contributed by atoms with Crippen molar-refractivity contribution in [3.63, 3.8) is 0 Å². The predicted molar refractivity (Wildman–Crippen MR) is 68.9 cm³/mol. The lowest BCUT2D eigenvalue weighted by molar-refractivity contribution is 0.609. The highest BCUT2D eigenvalue weighted by atomic mass is 79.9. The van der Waals surface area contributed by atoms with Gasteiger partial charge >= 0.3 is 0 Å². The molecule has 0 saturated heterocycles. The summed E-state index contributed by atoms with van der Waals surface area (Å²) in [7, 11) is 0. The number of halogens is 3. The van der Waals surface area contributed by atoms with Gasteiger partial charge in [-0.15, -0.1) is 0 Å². The molecule has 1 aromatic heterocycles. The fourth-order valence-electron chi connectivity index (χ4n) is 1.63. The molecule has 0 spiro atoms. The summed E-state index contributed by atoms with van der Waals surface area (Å²) in [6, 6.07) is 7.26. The molecule has 5 heteroatoms. The number of hydrogen-bond donors (Lipinski definition) is 1. The first kappa shape index (κ1) is 13.1. The molecule has 2 rings (SSSR count). The van der Waals surface area contributed by atoms with E-state index in [9.17, 15) is 8.78 Å². The number of aromatic nitrogens is 1. The van der Waals surface area contributed by atoms with Crippen molar-refractivity contribution in [1.82, 2.24) is 4.98 Å². The smallest absolute Gasteiger partial charge is 0.141 e. The average Bonchev–Trinajstić information content (AvgIpc) is 2.34. The zero-order valence-electron chi connectivity index (χ0n) is 9.41. The molecule has 2 aromatic rings. The zero-order valence-corrected chi connectivity index (χ0v) is 11.0. The van der Waals surface area contributed by atoms with E-state index in [1.165, 1.54) is 12.1 Å². The third-order valence-corrected chi connectivity index (χ3v) is 3.18. The van der Waals surface area contributed by atoms with Gasteiger partial charge in [0.25, 0.3) is 0 Å². The monoisotopic (exact) mass is 312 g/mol. The summed E-state index contributed by atoms with van der Waals surface area (Å²) in [6.45, 7) is 0. The maximum atomic E-state index is 13.1. The Bertz CT molecular complexity index is 543. The van der Waals surface area contributed by atoms with E-state index in [0.717, 1.165) is 11.8 Å². The van der Waals surface area contributed by atoms with E-state index < -0.39 is 5.82 Å². The normalized spacial score (nSPS) is 12.4. The van der Waals surface area contributed by atoms with Gasteiger partial charge in [-0.05, 0) is 52.2 Å². The minimum atomic E-state index is -0.393. The molecule has 94 valence electrons. The van der Waals surface area contributed by atoms with Gasteiger partial charge in [0.15, 0.2) is 0 Å². The lowest BCUT2D eigenvalue weighted by Crippen LogP contribution is -2.15. The van der Waals surface area contributed by atoms with Gasteiger partial charge in [-0.3, -0.25) is 4.98 Å². The van der Waals surface area contributed by atoms with E-state index >= 15 is 0 Å².